The molecule has 27 heavy (non-hydrogen) atoms. The number of hydrogen-bond acceptors (Lipinski definition) is 4. The van der Waals surface area contributed by atoms with Gasteiger partial charge in [-0.1, -0.05) is 73.1 Å². The fraction of sp³-hybridized carbons (Fsp3) is 0.190. The van der Waals surface area contributed by atoms with E-state index in [1.165, 1.54) is 6.07 Å². The van der Waals surface area contributed by atoms with Gasteiger partial charge in [-0.05, 0) is 47.5 Å². The number of hydrogen-bond donors (Lipinski definition) is 0. The lowest BCUT2D eigenvalue weighted by Gasteiger charge is -2.24. The fourth-order valence-corrected chi connectivity index (χ4v) is 3.66. The van der Waals surface area contributed by atoms with Crippen LogP contribution in [0.1, 0.15) is 26.3 Å². The smallest absolute Gasteiger partial charge is 0.265 e. The SMILES string of the molecule is C/C(=N\OS(=O)(=O)c1ccc2ccccc2c1)C(C)(C)c1cccc(Cl)c1. The maximum Gasteiger partial charge on any atom is 0.358 e. The Hall–Kier alpha value is -2.37. The van der Waals surface area contributed by atoms with Crippen molar-refractivity contribution >= 4 is 38.2 Å². The first kappa shape index (κ1) is 19.4. The van der Waals surface area contributed by atoms with Crippen molar-refractivity contribution in [3.8, 4) is 0 Å². The Balaban J connectivity index is 1.88. The third-order valence-corrected chi connectivity index (χ3v) is 6.07. The second kappa shape index (κ2) is 7.33. The maximum atomic E-state index is 12.5. The number of fused-ring (bicyclic) bond motifs is 1. The quantitative estimate of drug-likeness (QED) is 0.416. The Morgan fingerprint density at radius 1 is 0.963 bits per heavy atom. The van der Waals surface area contributed by atoms with Gasteiger partial charge in [0, 0.05) is 10.4 Å². The molecule has 0 spiro atoms. The Morgan fingerprint density at radius 2 is 1.67 bits per heavy atom. The number of halogens is 1. The zero-order valence-electron chi connectivity index (χ0n) is 15.3. The highest BCUT2D eigenvalue weighted by Crippen LogP contribution is 2.28. The van der Waals surface area contributed by atoms with Crippen LogP contribution >= 0.6 is 11.6 Å². The molecule has 0 radical (unpaired) electrons. The first-order valence-electron chi connectivity index (χ1n) is 8.44. The van der Waals surface area contributed by atoms with E-state index in [0.29, 0.717) is 10.7 Å². The van der Waals surface area contributed by atoms with Crippen molar-refractivity contribution in [1.29, 1.82) is 0 Å². The summed E-state index contributed by atoms with van der Waals surface area (Å²) in [7, 11) is -4.01. The lowest BCUT2D eigenvalue weighted by atomic mass is 9.81. The van der Waals surface area contributed by atoms with Gasteiger partial charge in [-0.2, -0.15) is 8.42 Å². The van der Waals surface area contributed by atoms with Crippen molar-refractivity contribution in [1.82, 2.24) is 0 Å². The van der Waals surface area contributed by atoms with E-state index in [0.717, 1.165) is 16.3 Å². The summed E-state index contributed by atoms with van der Waals surface area (Å²) in [5.41, 5.74) is 0.904. The van der Waals surface area contributed by atoms with Gasteiger partial charge in [-0.15, -0.1) is 0 Å². The molecule has 0 saturated heterocycles. The van der Waals surface area contributed by atoms with Gasteiger partial charge in [0.15, 0.2) is 0 Å². The lowest BCUT2D eigenvalue weighted by Crippen LogP contribution is -2.27. The molecule has 3 aromatic rings. The summed E-state index contributed by atoms with van der Waals surface area (Å²) in [6.45, 7) is 5.60. The maximum absolute atomic E-state index is 12.5. The van der Waals surface area contributed by atoms with Crippen molar-refractivity contribution in [2.75, 3.05) is 0 Å². The number of oxime groups is 1. The highest BCUT2D eigenvalue weighted by Gasteiger charge is 2.26. The average Bonchev–Trinajstić information content (AvgIpc) is 2.65. The molecule has 0 N–H and O–H groups in total. The van der Waals surface area contributed by atoms with Crippen LogP contribution in [0.25, 0.3) is 10.8 Å². The molecule has 0 saturated carbocycles. The zero-order valence-corrected chi connectivity index (χ0v) is 16.9. The molecule has 4 nitrogen and oxygen atoms in total. The molecule has 6 heteroatoms. The van der Waals surface area contributed by atoms with Crippen LogP contribution in [0, 0.1) is 0 Å². The molecule has 0 amide bonds. The minimum atomic E-state index is -4.01. The lowest BCUT2D eigenvalue weighted by molar-refractivity contribution is 0.334. The van der Waals surface area contributed by atoms with Gasteiger partial charge >= 0.3 is 10.1 Å². The molecular formula is C21H20ClNO3S. The standard InChI is InChI=1S/C21H20ClNO3S/c1-15(21(2,3)18-9-6-10-19(22)14-18)23-26-27(24,25)20-12-11-16-7-4-5-8-17(16)13-20/h4-14H,1-3H3/b23-15+. The highest BCUT2D eigenvalue weighted by molar-refractivity contribution is 7.86. The van der Waals surface area contributed by atoms with E-state index in [2.05, 4.69) is 5.16 Å². The van der Waals surface area contributed by atoms with E-state index >= 15 is 0 Å². The van der Waals surface area contributed by atoms with Gasteiger partial charge in [0.25, 0.3) is 0 Å². The molecule has 3 rings (SSSR count). The topological polar surface area (TPSA) is 55.7 Å². The van der Waals surface area contributed by atoms with Crippen LogP contribution in [-0.2, 0) is 19.8 Å². The molecule has 0 heterocycles. The highest BCUT2D eigenvalue weighted by atomic mass is 35.5. The van der Waals surface area contributed by atoms with E-state index in [1.807, 2.05) is 56.3 Å². The molecule has 0 aliphatic rings. The predicted octanol–water partition coefficient (Wildman–Crippen LogP) is 5.55. The molecule has 0 unspecified atom stereocenters. The Bertz CT molecular complexity index is 1120. The summed E-state index contributed by atoms with van der Waals surface area (Å²) >= 11 is 6.07. The molecule has 0 aliphatic heterocycles. The summed E-state index contributed by atoms with van der Waals surface area (Å²) in [4.78, 5) is 0.0679. The average molecular weight is 402 g/mol. The van der Waals surface area contributed by atoms with Crippen molar-refractivity contribution in [3.05, 3.63) is 77.3 Å². The van der Waals surface area contributed by atoms with Crippen LogP contribution in [0.15, 0.2) is 76.8 Å². The van der Waals surface area contributed by atoms with Crippen LogP contribution in [0.5, 0.6) is 0 Å². The van der Waals surface area contributed by atoms with Crippen LogP contribution in [-0.4, -0.2) is 14.1 Å². The monoisotopic (exact) mass is 401 g/mol. The van der Waals surface area contributed by atoms with E-state index in [1.54, 1.807) is 25.1 Å². The summed E-state index contributed by atoms with van der Waals surface area (Å²) in [5.74, 6) is 0. The Kier molecular flexibility index (Phi) is 5.27. The molecule has 0 aliphatic carbocycles. The summed E-state index contributed by atoms with van der Waals surface area (Å²) in [6, 6.07) is 19.8. The van der Waals surface area contributed by atoms with E-state index in [-0.39, 0.29) is 4.90 Å². The van der Waals surface area contributed by atoms with Gasteiger partial charge in [-0.3, -0.25) is 4.28 Å². The van der Waals surface area contributed by atoms with Crippen molar-refractivity contribution < 1.29 is 12.7 Å². The minimum absolute atomic E-state index is 0.0679. The van der Waals surface area contributed by atoms with Crippen molar-refractivity contribution in [2.45, 2.75) is 31.1 Å². The van der Waals surface area contributed by atoms with Crippen LogP contribution in [0.2, 0.25) is 5.02 Å². The Morgan fingerprint density at radius 3 is 2.37 bits per heavy atom. The first-order chi connectivity index (χ1) is 12.7. The molecule has 0 atom stereocenters. The summed E-state index contributed by atoms with van der Waals surface area (Å²) < 4.78 is 30.1. The predicted molar refractivity (Wildman–Crippen MR) is 110 cm³/mol. The van der Waals surface area contributed by atoms with Crippen LogP contribution in [0.3, 0.4) is 0 Å². The Labute approximate surface area is 164 Å². The van der Waals surface area contributed by atoms with Gasteiger partial charge in [-0.25, -0.2) is 0 Å². The van der Waals surface area contributed by atoms with Gasteiger partial charge in [0.05, 0.1) is 5.71 Å². The summed E-state index contributed by atoms with van der Waals surface area (Å²) in [5, 5.41) is 6.30. The first-order valence-corrected chi connectivity index (χ1v) is 10.2. The van der Waals surface area contributed by atoms with E-state index in [9.17, 15) is 8.42 Å². The molecule has 0 fully saturated rings. The zero-order chi connectivity index (χ0) is 19.7. The third-order valence-electron chi connectivity index (χ3n) is 4.73. The third kappa shape index (κ3) is 4.15. The number of benzene rings is 3. The van der Waals surface area contributed by atoms with E-state index < -0.39 is 15.5 Å². The van der Waals surface area contributed by atoms with Crippen molar-refractivity contribution in [2.24, 2.45) is 5.16 Å². The van der Waals surface area contributed by atoms with Gasteiger partial charge in [0.2, 0.25) is 0 Å². The molecule has 140 valence electrons. The second-order valence-corrected chi connectivity index (χ2v) is 8.81. The van der Waals surface area contributed by atoms with Crippen molar-refractivity contribution in [3.63, 3.8) is 0 Å². The van der Waals surface area contributed by atoms with Crippen LogP contribution in [0.4, 0.5) is 0 Å². The normalized spacial score (nSPS) is 13.0. The second-order valence-electron chi connectivity index (χ2n) is 6.85. The molecule has 3 aromatic carbocycles. The molecule has 0 aromatic heterocycles. The van der Waals surface area contributed by atoms with E-state index in [4.69, 9.17) is 15.9 Å². The number of rotatable bonds is 5. The molecule has 0 bridgehead atoms. The fourth-order valence-electron chi connectivity index (χ4n) is 2.67. The van der Waals surface area contributed by atoms with Gasteiger partial charge in [0.1, 0.15) is 4.90 Å². The number of nitrogens with zero attached hydrogens (tertiary/aromatic N) is 1. The molecular weight excluding hydrogens is 382 g/mol. The van der Waals surface area contributed by atoms with Crippen LogP contribution < -0.4 is 0 Å². The minimum Gasteiger partial charge on any atom is -0.265 e. The summed E-state index contributed by atoms with van der Waals surface area (Å²) in [6.07, 6.45) is 0. The van der Waals surface area contributed by atoms with Gasteiger partial charge < -0.3 is 0 Å². The largest absolute Gasteiger partial charge is 0.358 e.